The molecular weight excluding hydrogens is 388 g/mol. The summed E-state index contributed by atoms with van der Waals surface area (Å²) in [6.45, 7) is 1.69. The molecule has 28 heavy (non-hydrogen) atoms. The molecule has 10 heteroatoms. The molecule has 0 atom stereocenters. The summed E-state index contributed by atoms with van der Waals surface area (Å²) in [6.07, 6.45) is 0. The van der Waals surface area contributed by atoms with E-state index >= 15 is 0 Å². The van der Waals surface area contributed by atoms with E-state index in [2.05, 4.69) is 5.32 Å². The lowest BCUT2D eigenvalue weighted by Crippen LogP contribution is -2.21. The molecule has 0 heterocycles. The van der Waals surface area contributed by atoms with E-state index in [9.17, 15) is 18.0 Å². The zero-order valence-electron chi connectivity index (χ0n) is 15.3. The molecule has 0 saturated carbocycles. The van der Waals surface area contributed by atoms with E-state index in [1.807, 2.05) is 6.92 Å². The van der Waals surface area contributed by atoms with Crippen molar-refractivity contribution < 1.29 is 32.2 Å². The van der Waals surface area contributed by atoms with Gasteiger partial charge in [-0.2, -0.15) is 0 Å². The molecule has 150 valence electrons. The fourth-order valence-electron chi connectivity index (χ4n) is 2.23. The first kappa shape index (κ1) is 21.2. The largest absolute Gasteiger partial charge is 0.493 e. The number of sulfonamides is 1. The van der Waals surface area contributed by atoms with Gasteiger partial charge in [-0.25, -0.2) is 18.4 Å². The molecule has 0 aliphatic heterocycles. The fourth-order valence-corrected chi connectivity index (χ4v) is 2.79. The van der Waals surface area contributed by atoms with E-state index in [0.29, 0.717) is 18.1 Å². The topological polar surface area (TPSA) is 134 Å². The highest BCUT2D eigenvalue weighted by Gasteiger charge is 2.15. The van der Waals surface area contributed by atoms with Crippen LogP contribution in [-0.4, -0.2) is 40.6 Å². The van der Waals surface area contributed by atoms with Crippen LogP contribution in [0, 0.1) is 0 Å². The van der Waals surface area contributed by atoms with Crippen molar-refractivity contribution in [2.45, 2.75) is 11.8 Å². The first-order chi connectivity index (χ1) is 13.2. The van der Waals surface area contributed by atoms with Gasteiger partial charge in [0.25, 0.3) is 5.91 Å². The summed E-state index contributed by atoms with van der Waals surface area (Å²) in [5.41, 5.74) is 0.389. The van der Waals surface area contributed by atoms with Gasteiger partial charge < -0.3 is 19.5 Å². The average molecular weight is 408 g/mol. The minimum Gasteiger partial charge on any atom is -0.493 e. The number of anilines is 1. The number of hydrogen-bond acceptors (Lipinski definition) is 7. The Bertz CT molecular complexity index is 974. The third kappa shape index (κ3) is 5.69. The first-order valence-corrected chi connectivity index (χ1v) is 9.70. The summed E-state index contributed by atoms with van der Waals surface area (Å²) >= 11 is 0. The van der Waals surface area contributed by atoms with Gasteiger partial charge in [0.05, 0.1) is 24.2 Å². The van der Waals surface area contributed by atoms with Crippen LogP contribution >= 0.6 is 0 Å². The zero-order chi connectivity index (χ0) is 20.7. The van der Waals surface area contributed by atoms with Gasteiger partial charge in [0.15, 0.2) is 18.1 Å². The van der Waals surface area contributed by atoms with Crippen LogP contribution in [0.25, 0.3) is 0 Å². The number of nitrogens with two attached hydrogens (primary N) is 1. The standard InChI is InChI=1S/C18H20N2O7S/c1-3-26-15-8-7-12(9-16(15)25-2)18(22)27-11-17(21)20-13-5-4-6-14(10-13)28(19,23)24/h4-10H,3,11H2,1-2H3,(H,20,21)(H2,19,23,24). The van der Waals surface area contributed by atoms with Crippen molar-refractivity contribution in [1.29, 1.82) is 0 Å². The molecule has 3 N–H and O–H groups in total. The number of rotatable bonds is 8. The number of methoxy groups -OCH3 is 1. The first-order valence-electron chi connectivity index (χ1n) is 8.15. The molecule has 0 unspecified atom stereocenters. The zero-order valence-corrected chi connectivity index (χ0v) is 16.1. The molecule has 0 aliphatic rings. The molecule has 1 amide bonds. The Morgan fingerprint density at radius 1 is 1.11 bits per heavy atom. The van der Waals surface area contributed by atoms with Crippen LogP contribution in [0.1, 0.15) is 17.3 Å². The van der Waals surface area contributed by atoms with E-state index in [1.165, 1.54) is 43.5 Å². The minimum atomic E-state index is -3.90. The number of benzene rings is 2. The van der Waals surface area contributed by atoms with Gasteiger partial charge in [-0.15, -0.1) is 0 Å². The highest BCUT2D eigenvalue weighted by Crippen LogP contribution is 2.28. The molecule has 2 rings (SSSR count). The molecule has 0 aliphatic carbocycles. The second-order valence-electron chi connectivity index (χ2n) is 5.50. The Labute approximate surface area is 162 Å². The van der Waals surface area contributed by atoms with Crippen molar-refractivity contribution in [2.75, 3.05) is 25.6 Å². The molecule has 0 aromatic heterocycles. The third-order valence-corrected chi connectivity index (χ3v) is 4.39. The van der Waals surface area contributed by atoms with E-state index in [-0.39, 0.29) is 16.1 Å². The number of esters is 1. The lowest BCUT2D eigenvalue weighted by molar-refractivity contribution is -0.119. The van der Waals surface area contributed by atoms with Crippen LogP contribution in [-0.2, 0) is 19.6 Å². The number of hydrogen-bond donors (Lipinski definition) is 2. The SMILES string of the molecule is CCOc1ccc(C(=O)OCC(=O)Nc2cccc(S(N)(=O)=O)c2)cc1OC. The van der Waals surface area contributed by atoms with Gasteiger partial charge >= 0.3 is 5.97 Å². The summed E-state index contributed by atoms with van der Waals surface area (Å²) in [5.74, 6) is -0.526. The highest BCUT2D eigenvalue weighted by molar-refractivity contribution is 7.89. The van der Waals surface area contributed by atoms with Gasteiger partial charge in [0.2, 0.25) is 10.0 Å². The molecular formula is C18H20N2O7S. The van der Waals surface area contributed by atoms with Crippen LogP contribution in [0.2, 0.25) is 0 Å². The molecule has 0 saturated heterocycles. The Hall–Kier alpha value is -3.11. The van der Waals surface area contributed by atoms with Gasteiger partial charge in [0.1, 0.15) is 0 Å². The molecule has 0 spiro atoms. The van der Waals surface area contributed by atoms with Crippen molar-refractivity contribution in [1.82, 2.24) is 0 Å². The lowest BCUT2D eigenvalue weighted by Gasteiger charge is -2.11. The van der Waals surface area contributed by atoms with Gasteiger partial charge in [0, 0.05) is 5.69 Å². The van der Waals surface area contributed by atoms with E-state index < -0.39 is 28.5 Å². The molecule has 2 aromatic rings. The number of primary sulfonamides is 1. The maximum absolute atomic E-state index is 12.1. The predicted molar refractivity (Wildman–Crippen MR) is 101 cm³/mol. The average Bonchev–Trinajstić information content (AvgIpc) is 2.66. The summed E-state index contributed by atoms with van der Waals surface area (Å²) < 4.78 is 38.2. The predicted octanol–water partition coefficient (Wildman–Crippen LogP) is 1.54. The molecule has 0 radical (unpaired) electrons. The second kappa shape index (κ2) is 9.20. The smallest absolute Gasteiger partial charge is 0.338 e. The Morgan fingerprint density at radius 2 is 1.86 bits per heavy atom. The number of carbonyl (C=O) groups excluding carboxylic acids is 2. The Morgan fingerprint density at radius 3 is 2.50 bits per heavy atom. The maximum Gasteiger partial charge on any atom is 0.338 e. The van der Waals surface area contributed by atoms with Gasteiger partial charge in [-0.3, -0.25) is 4.79 Å². The van der Waals surface area contributed by atoms with Crippen LogP contribution in [0.4, 0.5) is 5.69 Å². The van der Waals surface area contributed by atoms with Crippen LogP contribution in [0.15, 0.2) is 47.4 Å². The third-order valence-electron chi connectivity index (χ3n) is 3.48. The molecule has 9 nitrogen and oxygen atoms in total. The Kier molecular flexibility index (Phi) is 6.96. The summed E-state index contributed by atoms with van der Waals surface area (Å²) in [6, 6.07) is 9.90. The maximum atomic E-state index is 12.1. The molecule has 0 bridgehead atoms. The van der Waals surface area contributed by atoms with E-state index in [1.54, 1.807) is 6.07 Å². The van der Waals surface area contributed by atoms with Crippen LogP contribution < -0.4 is 19.9 Å². The Balaban J connectivity index is 1.98. The molecule has 0 fully saturated rings. The number of nitrogens with one attached hydrogen (secondary N) is 1. The fraction of sp³-hybridized carbons (Fsp3) is 0.222. The lowest BCUT2D eigenvalue weighted by atomic mass is 10.2. The quantitative estimate of drug-likeness (QED) is 0.633. The highest BCUT2D eigenvalue weighted by atomic mass is 32.2. The van der Waals surface area contributed by atoms with Crippen molar-refractivity contribution in [3.05, 3.63) is 48.0 Å². The monoisotopic (exact) mass is 408 g/mol. The van der Waals surface area contributed by atoms with Crippen molar-refractivity contribution >= 4 is 27.6 Å². The number of ether oxygens (including phenoxy) is 3. The number of amides is 1. The minimum absolute atomic E-state index is 0.149. The van der Waals surface area contributed by atoms with Crippen molar-refractivity contribution in [3.8, 4) is 11.5 Å². The van der Waals surface area contributed by atoms with E-state index in [4.69, 9.17) is 19.3 Å². The van der Waals surface area contributed by atoms with Crippen LogP contribution in [0.5, 0.6) is 11.5 Å². The summed E-state index contributed by atoms with van der Waals surface area (Å²) in [5, 5.41) is 7.47. The normalized spacial score (nSPS) is 10.8. The summed E-state index contributed by atoms with van der Waals surface area (Å²) in [4.78, 5) is 23.9. The second-order valence-corrected chi connectivity index (χ2v) is 7.06. The molecule has 2 aromatic carbocycles. The van der Waals surface area contributed by atoms with Gasteiger partial charge in [-0.05, 0) is 43.3 Å². The van der Waals surface area contributed by atoms with Crippen LogP contribution in [0.3, 0.4) is 0 Å². The van der Waals surface area contributed by atoms with Crippen molar-refractivity contribution in [2.24, 2.45) is 5.14 Å². The summed E-state index contributed by atoms with van der Waals surface area (Å²) in [7, 11) is -2.46. The number of carbonyl (C=O) groups is 2. The van der Waals surface area contributed by atoms with E-state index in [0.717, 1.165) is 0 Å². The van der Waals surface area contributed by atoms with Crippen molar-refractivity contribution in [3.63, 3.8) is 0 Å². The van der Waals surface area contributed by atoms with Gasteiger partial charge in [-0.1, -0.05) is 6.07 Å².